The van der Waals surface area contributed by atoms with E-state index < -0.39 is 0 Å². The van der Waals surface area contributed by atoms with E-state index in [2.05, 4.69) is 44.4 Å². The van der Waals surface area contributed by atoms with Crippen LogP contribution in [0.2, 0.25) is 0 Å². The molecule has 0 aliphatic carbocycles. The zero-order chi connectivity index (χ0) is 26.9. The van der Waals surface area contributed by atoms with Crippen LogP contribution in [0.25, 0.3) is 0 Å². The fourth-order valence-electron chi connectivity index (χ4n) is 4.39. The van der Waals surface area contributed by atoms with Crippen molar-refractivity contribution in [3.05, 3.63) is 89.2 Å². The lowest BCUT2D eigenvalue weighted by Crippen LogP contribution is -2.47. The molecule has 1 heterocycles. The van der Waals surface area contributed by atoms with Gasteiger partial charge < -0.3 is 19.1 Å². The maximum absolute atomic E-state index is 13.7. The Bertz CT molecular complexity index is 1170. The van der Waals surface area contributed by atoms with Crippen molar-refractivity contribution in [2.24, 2.45) is 5.92 Å². The predicted octanol–water partition coefficient (Wildman–Crippen LogP) is 5.78. The van der Waals surface area contributed by atoms with Crippen LogP contribution in [0.3, 0.4) is 0 Å². The molecule has 0 spiro atoms. The molecule has 1 atom stereocenters. The molecule has 198 valence electrons. The van der Waals surface area contributed by atoms with E-state index >= 15 is 0 Å². The summed E-state index contributed by atoms with van der Waals surface area (Å²) >= 11 is 0. The van der Waals surface area contributed by atoms with Gasteiger partial charge in [0.2, 0.25) is 5.91 Å². The summed E-state index contributed by atoms with van der Waals surface area (Å²) in [4.78, 5) is 30.7. The molecule has 3 aromatic rings. The molecule has 6 heteroatoms. The zero-order valence-corrected chi connectivity index (χ0v) is 23.1. The summed E-state index contributed by atoms with van der Waals surface area (Å²) in [5.41, 5.74) is 3.89. The van der Waals surface area contributed by atoms with Crippen LogP contribution in [0.5, 0.6) is 5.75 Å². The van der Waals surface area contributed by atoms with Gasteiger partial charge in [-0.15, -0.1) is 0 Å². The second-order valence-electron chi connectivity index (χ2n) is 10.2. The lowest BCUT2D eigenvalue weighted by molar-refractivity contribution is -0.134. The van der Waals surface area contributed by atoms with Crippen LogP contribution < -0.4 is 4.74 Å². The van der Waals surface area contributed by atoms with E-state index in [4.69, 9.17) is 4.74 Å². The molecule has 0 radical (unpaired) electrons. The van der Waals surface area contributed by atoms with E-state index in [9.17, 15) is 9.59 Å². The van der Waals surface area contributed by atoms with Gasteiger partial charge in [-0.05, 0) is 68.1 Å². The Hall–Kier alpha value is -3.54. The number of hydrogen-bond acceptors (Lipinski definition) is 3. The molecule has 6 nitrogen and oxygen atoms in total. The number of ether oxygens (including phenoxy) is 1. The van der Waals surface area contributed by atoms with Crippen LogP contribution in [0.1, 0.15) is 61.3 Å². The molecule has 0 saturated heterocycles. The Balaban J connectivity index is 1.80. The van der Waals surface area contributed by atoms with Gasteiger partial charge in [-0.1, -0.05) is 50.6 Å². The van der Waals surface area contributed by atoms with Crippen molar-refractivity contribution in [3.63, 3.8) is 0 Å². The van der Waals surface area contributed by atoms with Crippen LogP contribution in [0.4, 0.5) is 0 Å². The first-order valence-electron chi connectivity index (χ1n) is 13.1. The molecule has 0 N–H and O–H groups in total. The first kappa shape index (κ1) is 28.0. The van der Waals surface area contributed by atoms with Gasteiger partial charge in [-0.3, -0.25) is 9.59 Å². The number of benzene rings is 2. The van der Waals surface area contributed by atoms with E-state index in [1.54, 1.807) is 12.0 Å². The molecule has 2 aromatic carbocycles. The van der Waals surface area contributed by atoms with E-state index in [0.29, 0.717) is 25.2 Å². The highest BCUT2D eigenvalue weighted by Crippen LogP contribution is 2.18. The monoisotopic (exact) mass is 503 g/mol. The number of rotatable bonds is 12. The third-order valence-corrected chi connectivity index (χ3v) is 6.68. The summed E-state index contributed by atoms with van der Waals surface area (Å²) in [6.07, 6.45) is 2.87. The van der Waals surface area contributed by atoms with Gasteiger partial charge in [0.05, 0.1) is 13.7 Å². The van der Waals surface area contributed by atoms with Crippen molar-refractivity contribution in [2.45, 2.75) is 60.2 Å². The second-order valence-corrected chi connectivity index (χ2v) is 10.2. The molecule has 37 heavy (non-hydrogen) atoms. The predicted molar refractivity (Wildman–Crippen MR) is 149 cm³/mol. The summed E-state index contributed by atoms with van der Waals surface area (Å²) in [6.45, 7) is 12.1. The topological polar surface area (TPSA) is 54.8 Å². The SMILES string of the molecule is CCC(C)N(Cc1cccn1Cc1cccc(OC)c1)C(=O)CN(CC(C)C)C(=O)c1ccc(C)cc1. The third-order valence-electron chi connectivity index (χ3n) is 6.68. The Morgan fingerprint density at radius 2 is 1.73 bits per heavy atom. The highest BCUT2D eigenvalue weighted by atomic mass is 16.5. The number of carbonyl (C=O) groups excluding carboxylic acids is 2. The summed E-state index contributed by atoms with van der Waals surface area (Å²) in [7, 11) is 1.67. The van der Waals surface area contributed by atoms with Gasteiger partial charge in [0, 0.05) is 36.6 Å². The molecule has 0 aliphatic heterocycles. The highest BCUT2D eigenvalue weighted by molar-refractivity contribution is 5.96. The van der Waals surface area contributed by atoms with Crippen molar-refractivity contribution in [3.8, 4) is 5.75 Å². The van der Waals surface area contributed by atoms with Gasteiger partial charge >= 0.3 is 0 Å². The second kappa shape index (κ2) is 13.1. The lowest BCUT2D eigenvalue weighted by Gasteiger charge is -2.32. The van der Waals surface area contributed by atoms with Gasteiger partial charge in [0.15, 0.2) is 0 Å². The Morgan fingerprint density at radius 1 is 1.00 bits per heavy atom. The highest BCUT2D eigenvalue weighted by Gasteiger charge is 2.26. The summed E-state index contributed by atoms with van der Waals surface area (Å²) in [5.74, 6) is 0.933. The molecule has 0 saturated carbocycles. The van der Waals surface area contributed by atoms with Crippen molar-refractivity contribution >= 4 is 11.8 Å². The minimum atomic E-state index is -0.104. The Labute approximate surface area is 221 Å². The van der Waals surface area contributed by atoms with Crippen LogP contribution in [0, 0.1) is 12.8 Å². The molecule has 1 unspecified atom stereocenters. The molecule has 3 rings (SSSR count). The minimum absolute atomic E-state index is 0.0374. The average molecular weight is 504 g/mol. The van der Waals surface area contributed by atoms with Gasteiger partial charge in [-0.25, -0.2) is 0 Å². The number of aryl methyl sites for hydroxylation is 1. The number of nitrogens with zero attached hydrogens (tertiary/aromatic N) is 3. The van der Waals surface area contributed by atoms with Crippen LogP contribution in [-0.2, 0) is 17.9 Å². The van der Waals surface area contributed by atoms with E-state index in [1.807, 2.05) is 66.6 Å². The maximum atomic E-state index is 13.7. The smallest absolute Gasteiger partial charge is 0.254 e. The van der Waals surface area contributed by atoms with Crippen molar-refractivity contribution < 1.29 is 14.3 Å². The largest absolute Gasteiger partial charge is 0.497 e. The van der Waals surface area contributed by atoms with Crippen LogP contribution >= 0.6 is 0 Å². The Kier molecular flexibility index (Phi) is 9.95. The standard InChI is InChI=1S/C31H41N3O3/c1-7-25(5)34(21-28-11-9-17-32(28)20-26-10-8-12-29(18-26)37-6)30(35)22-33(19-23(2)3)31(36)27-15-13-24(4)14-16-27/h8-18,23,25H,7,19-22H2,1-6H3. The molecule has 0 fully saturated rings. The average Bonchev–Trinajstić information content (AvgIpc) is 3.32. The van der Waals surface area contributed by atoms with Gasteiger partial charge in [0.1, 0.15) is 12.3 Å². The van der Waals surface area contributed by atoms with E-state index in [1.165, 1.54) is 0 Å². The fourth-order valence-corrected chi connectivity index (χ4v) is 4.39. The molecular formula is C31H41N3O3. The van der Waals surface area contributed by atoms with Crippen molar-refractivity contribution in [2.75, 3.05) is 20.2 Å². The van der Waals surface area contributed by atoms with Crippen LogP contribution in [0.15, 0.2) is 66.9 Å². The Morgan fingerprint density at radius 3 is 2.38 bits per heavy atom. The van der Waals surface area contributed by atoms with E-state index in [0.717, 1.165) is 29.0 Å². The number of amides is 2. The maximum Gasteiger partial charge on any atom is 0.254 e. The summed E-state index contributed by atoms with van der Waals surface area (Å²) < 4.78 is 7.54. The summed E-state index contributed by atoms with van der Waals surface area (Å²) in [6, 6.07) is 19.7. The van der Waals surface area contributed by atoms with Crippen molar-refractivity contribution in [1.82, 2.24) is 14.4 Å². The molecule has 2 amide bonds. The van der Waals surface area contributed by atoms with Crippen LogP contribution in [-0.4, -0.2) is 52.4 Å². The number of methoxy groups -OCH3 is 1. The lowest BCUT2D eigenvalue weighted by atomic mass is 10.1. The summed E-state index contributed by atoms with van der Waals surface area (Å²) in [5, 5.41) is 0. The fraction of sp³-hybridized carbons (Fsp3) is 0.419. The zero-order valence-electron chi connectivity index (χ0n) is 23.1. The third kappa shape index (κ3) is 7.72. The first-order chi connectivity index (χ1) is 17.7. The number of aromatic nitrogens is 1. The van der Waals surface area contributed by atoms with Gasteiger partial charge in [0.25, 0.3) is 5.91 Å². The molecular weight excluding hydrogens is 462 g/mol. The van der Waals surface area contributed by atoms with Gasteiger partial charge in [-0.2, -0.15) is 0 Å². The number of hydrogen-bond donors (Lipinski definition) is 0. The minimum Gasteiger partial charge on any atom is -0.497 e. The molecule has 0 aliphatic rings. The molecule has 1 aromatic heterocycles. The van der Waals surface area contributed by atoms with Crippen molar-refractivity contribution in [1.29, 1.82) is 0 Å². The van der Waals surface area contributed by atoms with E-state index in [-0.39, 0.29) is 30.3 Å². The number of carbonyl (C=O) groups is 2. The molecule has 0 bridgehead atoms. The normalized spacial score (nSPS) is 11.9. The first-order valence-corrected chi connectivity index (χ1v) is 13.1. The quantitative estimate of drug-likeness (QED) is 0.315.